The fourth-order valence-electron chi connectivity index (χ4n) is 2.95. The average Bonchev–Trinajstić information content (AvgIpc) is 2.95. The van der Waals surface area contributed by atoms with Crippen LogP contribution in [0, 0.1) is 11.3 Å². The van der Waals surface area contributed by atoms with Crippen molar-refractivity contribution in [2.75, 3.05) is 33.7 Å². The van der Waals surface area contributed by atoms with E-state index in [1.807, 2.05) is 6.92 Å². The molecule has 1 unspecified atom stereocenters. The molecule has 3 nitrogen and oxygen atoms in total. The average molecular weight is 274 g/mol. The van der Waals surface area contributed by atoms with Gasteiger partial charge in [0.25, 0.3) is 5.92 Å². The minimum Gasteiger partial charge on any atom is -0.348 e. The molecule has 2 rings (SSSR count). The molecule has 0 N–H and O–H groups in total. The molecule has 1 saturated heterocycles. The Balaban J connectivity index is 1.75. The molecular weight excluding hydrogens is 250 g/mol. The number of rotatable bonds is 4. The highest BCUT2D eigenvalue weighted by Crippen LogP contribution is 2.50. The SMILES string of the molecule is CN(C)C(=O)C1(C)CCN(CCC2CC2(F)F)CC1. The first kappa shape index (κ1) is 14.7. The minimum atomic E-state index is -2.40. The summed E-state index contributed by atoms with van der Waals surface area (Å²) in [6.45, 7) is 4.44. The second-order valence-corrected chi connectivity index (χ2v) is 6.55. The van der Waals surface area contributed by atoms with Crippen LogP contribution in [0.2, 0.25) is 0 Å². The van der Waals surface area contributed by atoms with Crippen molar-refractivity contribution >= 4 is 5.91 Å². The molecule has 19 heavy (non-hydrogen) atoms. The second-order valence-electron chi connectivity index (χ2n) is 6.55. The zero-order chi connectivity index (χ0) is 14.3. The molecule has 110 valence electrons. The number of halogens is 2. The van der Waals surface area contributed by atoms with E-state index in [0.29, 0.717) is 6.42 Å². The fraction of sp³-hybridized carbons (Fsp3) is 0.929. The van der Waals surface area contributed by atoms with Crippen LogP contribution in [-0.4, -0.2) is 55.4 Å². The summed E-state index contributed by atoms with van der Waals surface area (Å²) >= 11 is 0. The molecule has 0 aromatic carbocycles. The smallest absolute Gasteiger partial charge is 0.251 e. The number of carbonyl (C=O) groups is 1. The van der Waals surface area contributed by atoms with Crippen LogP contribution in [0.25, 0.3) is 0 Å². The van der Waals surface area contributed by atoms with Crippen molar-refractivity contribution in [2.24, 2.45) is 11.3 Å². The van der Waals surface area contributed by atoms with E-state index in [9.17, 15) is 13.6 Å². The van der Waals surface area contributed by atoms with Gasteiger partial charge in [-0.1, -0.05) is 6.92 Å². The van der Waals surface area contributed by atoms with Gasteiger partial charge in [0.05, 0.1) is 0 Å². The molecule has 1 aliphatic carbocycles. The lowest BCUT2D eigenvalue weighted by molar-refractivity contribution is -0.141. The Morgan fingerprint density at radius 3 is 2.26 bits per heavy atom. The third kappa shape index (κ3) is 3.25. The molecule has 2 fully saturated rings. The largest absolute Gasteiger partial charge is 0.348 e. The van der Waals surface area contributed by atoms with Crippen LogP contribution in [0.3, 0.4) is 0 Å². The lowest BCUT2D eigenvalue weighted by Crippen LogP contribution is -2.47. The van der Waals surface area contributed by atoms with E-state index in [0.717, 1.165) is 32.5 Å². The lowest BCUT2D eigenvalue weighted by atomic mass is 9.79. The third-order valence-electron chi connectivity index (χ3n) is 4.63. The Bertz CT molecular complexity index is 349. The maximum absolute atomic E-state index is 12.8. The zero-order valence-corrected chi connectivity index (χ0v) is 12.1. The number of likely N-dealkylation sites (tertiary alicyclic amines) is 1. The van der Waals surface area contributed by atoms with Gasteiger partial charge in [-0.25, -0.2) is 8.78 Å². The second kappa shape index (κ2) is 5.00. The third-order valence-corrected chi connectivity index (χ3v) is 4.63. The highest BCUT2D eigenvalue weighted by molar-refractivity contribution is 5.82. The predicted molar refractivity (Wildman–Crippen MR) is 70.1 cm³/mol. The summed E-state index contributed by atoms with van der Waals surface area (Å²) in [5, 5.41) is 0. The quantitative estimate of drug-likeness (QED) is 0.785. The van der Waals surface area contributed by atoms with E-state index < -0.39 is 11.8 Å². The molecule has 1 atom stereocenters. The monoisotopic (exact) mass is 274 g/mol. The number of amides is 1. The Kier molecular flexibility index (Phi) is 3.87. The minimum absolute atomic E-state index is 0.0671. The number of piperidine rings is 1. The van der Waals surface area contributed by atoms with Gasteiger partial charge in [0.1, 0.15) is 0 Å². The number of alkyl halides is 2. The normalized spacial score (nSPS) is 29.0. The predicted octanol–water partition coefficient (Wildman–Crippen LogP) is 2.22. The molecule has 0 radical (unpaired) electrons. The van der Waals surface area contributed by atoms with Crippen molar-refractivity contribution in [3.8, 4) is 0 Å². The molecular formula is C14H24F2N2O. The molecule has 1 amide bonds. The number of nitrogens with zero attached hydrogens (tertiary/aromatic N) is 2. The van der Waals surface area contributed by atoms with Gasteiger partial charge < -0.3 is 9.80 Å². The van der Waals surface area contributed by atoms with Crippen LogP contribution in [0.15, 0.2) is 0 Å². The fourth-order valence-corrected chi connectivity index (χ4v) is 2.95. The van der Waals surface area contributed by atoms with Crippen LogP contribution in [0.5, 0.6) is 0 Å². The van der Waals surface area contributed by atoms with Gasteiger partial charge in [0.2, 0.25) is 5.91 Å². The summed E-state index contributed by atoms with van der Waals surface area (Å²) < 4.78 is 25.6. The summed E-state index contributed by atoms with van der Waals surface area (Å²) in [6.07, 6.45) is 2.30. The van der Waals surface area contributed by atoms with Crippen molar-refractivity contribution in [3.05, 3.63) is 0 Å². The standard InChI is InChI=1S/C14H24F2N2O/c1-13(12(19)17(2)3)5-8-18(9-6-13)7-4-11-10-14(11,15)16/h11H,4-10H2,1-3H3. The maximum atomic E-state index is 12.8. The highest BCUT2D eigenvalue weighted by Gasteiger charge is 2.56. The Morgan fingerprint density at radius 1 is 1.32 bits per heavy atom. The Hall–Kier alpha value is -0.710. The maximum Gasteiger partial charge on any atom is 0.251 e. The van der Waals surface area contributed by atoms with Gasteiger partial charge in [-0.2, -0.15) is 0 Å². The molecule has 0 bridgehead atoms. The van der Waals surface area contributed by atoms with Gasteiger partial charge in [-0.05, 0) is 38.9 Å². The molecule has 1 saturated carbocycles. The first-order valence-electron chi connectivity index (χ1n) is 7.06. The van der Waals surface area contributed by atoms with Crippen molar-refractivity contribution in [2.45, 2.75) is 38.5 Å². The van der Waals surface area contributed by atoms with E-state index in [2.05, 4.69) is 4.90 Å². The summed E-state index contributed by atoms with van der Waals surface area (Å²) in [7, 11) is 3.57. The molecule has 0 spiro atoms. The first-order chi connectivity index (χ1) is 8.74. The number of carbonyl (C=O) groups excluding carboxylic acids is 1. The van der Waals surface area contributed by atoms with Crippen LogP contribution in [0.1, 0.15) is 32.6 Å². The number of hydrogen-bond acceptors (Lipinski definition) is 2. The van der Waals surface area contributed by atoms with E-state index in [1.54, 1.807) is 19.0 Å². The van der Waals surface area contributed by atoms with E-state index >= 15 is 0 Å². The lowest BCUT2D eigenvalue weighted by Gasteiger charge is -2.39. The number of hydrogen-bond donors (Lipinski definition) is 0. The van der Waals surface area contributed by atoms with Crippen LogP contribution >= 0.6 is 0 Å². The highest BCUT2D eigenvalue weighted by atomic mass is 19.3. The summed E-state index contributed by atoms with van der Waals surface area (Å²) in [4.78, 5) is 16.0. The Labute approximate surface area is 113 Å². The molecule has 5 heteroatoms. The van der Waals surface area contributed by atoms with Gasteiger partial charge in [0, 0.05) is 31.8 Å². The van der Waals surface area contributed by atoms with E-state index in [4.69, 9.17) is 0 Å². The molecule has 0 aromatic rings. The van der Waals surface area contributed by atoms with E-state index in [1.165, 1.54) is 0 Å². The topological polar surface area (TPSA) is 23.6 Å². The zero-order valence-electron chi connectivity index (χ0n) is 12.1. The molecule has 2 aliphatic rings. The van der Waals surface area contributed by atoms with Crippen LogP contribution in [0.4, 0.5) is 8.78 Å². The van der Waals surface area contributed by atoms with E-state index in [-0.39, 0.29) is 17.7 Å². The van der Waals surface area contributed by atoms with Crippen molar-refractivity contribution in [1.82, 2.24) is 9.80 Å². The van der Waals surface area contributed by atoms with Crippen LogP contribution in [-0.2, 0) is 4.79 Å². The van der Waals surface area contributed by atoms with Crippen molar-refractivity contribution in [1.29, 1.82) is 0 Å². The molecule has 1 heterocycles. The summed E-state index contributed by atoms with van der Waals surface area (Å²) in [5.41, 5.74) is -0.274. The van der Waals surface area contributed by atoms with Crippen molar-refractivity contribution < 1.29 is 13.6 Å². The van der Waals surface area contributed by atoms with Crippen LogP contribution < -0.4 is 0 Å². The molecule has 0 aromatic heterocycles. The first-order valence-corrected chi connectivity index (χ1v) is 7.06. The van der Waals surface area contributed by atoms with Gasteiger partial charge in [-0.3, -0.25) is 4.79 Å². The van der Waals surface area contributed by atoms with Gasteiger partial charge in [0.15, 0.2) is 0 Å². The van der Waals surface area contributed by atoms with Gasteiger partial charge in [-0.15, -0.1) is 0 Å². The van der Waals surface area contributed by atoms with Gasteiger partial charge >= 0.3 is 0 Å². The summed E-state index contributed by atoms with van der Waals surface area (Å²) in [5.74, 6) is -2.62. The Morgan fingerprint density at radius 2 is 1.84 bits per heavy atom. The molecule has 1 aliphatic heterocycles. The summed E-state index contributed by atoms with van der Waals surface area (Å²) in [6, 6.07) is 0. The van der Waals surface area contributed by atoms with Crippen molar-refractivity contribution in [3.63, 3.8) is 0 Å².